The predicted molar refractivity (Wildman–Crippen MR) is 168 cm³/mol. The third kappa shape index (κ3) is 4.14. The molecule has 2 saturated heterocycles. The number of ether oxygens (including phenoxy) is 2. The van der Waals surface area contributed by atoms with Crippen molar-refractivity contribution in [3.63, 3.8) is 0 Å². The van der Waals surface area contributed by atoms with E-state index in [2.05, 4.69) is 42.5 Å². The molecule has 0 bridgehead atoms. The highest BCUT2D eigenvalue weighted by Crippen LogP contribution is 2.54. The summed E-state index contributed by atoms with van der Waals surface area (Å²) in [6.45, 7) is 6.76. The Morgan fingerprint density at radius 2 is 2.05 bits per heavy atom. The molecule has 1 spiro atoms. The molecule has 11 heteroatoms. The quantitative estimate of drug-likeness (QED) is 0.302. The number of likely N-dealkylation sites (N-methyl/N-ethyl adjacent to an activating group) is 1. The van der Waals surface area contributed by atoms with Crippen molar-refractivity contribution in [1.82, 2.24) is 24.6 Å². The van der Waals surface area contributed by atoms with E-state index >= 15 is 0 Å². The summed E-state index contributed by atoms with van der Waals surface area (Å²) < 4.78 is 21.1. The number of rotatable bonds is 5. The van der Waals surface area contributed by atoms with Gasteiger partial charge in [-0.05, 0) is 96.9 Å². The highest BCUT2D eigenvalue weighted by Gasteiger charge is 2.48. The average molecular weight is 614 g/mol. The molecule has 230 valence electrons. The summed E-state index contributed by atoms with van der Waals surface area (Å²) in [5.74, 6) is 1.70. The molecule has 2 fully saturated rings. The Bertz CT molecular complexity index is 1790. The molecular formula is C33H39N7O3S. The Morgan fingerprint density at radius 1 is 1.20 bits per heavy atom. The maximum absolute atomic E-state index is 10.1. The van der Waals surface area contributed by atoms with E-state index in [1.807, 2.05) is 0 Å². The first kappa shape index (κ1) is 28.0. The number of likely N-dealkylation sites (tertiary alicyclic amines) is 1. The van der Waals surface area contributed by atoms with Gasteiger partial charge in [-0.2, -0.15) is 10.2 Å². The zero-order valence-corrected chi connectivity index (χ0v) is 26.5. The highest BCUT2D eigenvalue weighted by atomic mass is 32.1. The van der Waals surface area contributed by atoms with E-state index in [0.29, 0.717) is 40.7 Å². The summed E-state index contributed by atoms with van der Waals surface area (Å²) in [7, 11) is 2.17. The SMILES string of the molecule is Cc1cc2c(O[C@@H](C)[C@@H]3CCCN3C)nc(-c3onc4c3CCC[C@@]43CCCc4sc(N)c(C#N)c43)nc2n1[C@@H]1CCOC1. The van der Waals surface area contributed by atoms with Crippen LogP contribution in [-0.2, 0) is 23.0 Å². The van der Waals surface area contributed by atoms with Crippen LogP contribution < -0.4 is 10.5 Å². The molecule has 2 aliphatic carbocycles. The van der Waals surface area contributed by atoms with Crippen molar-refractivity contribution >= 4 is 27.4 Å². The molecule has 2 aliphatic heterocycles. The Morgan fingerprint density at radius 3 is 2.80 bits per heavy atom. The molecule has 0 unspecified atom stereocenters. The number of hydrogen-bond acceptors (Lipinski definition) is 10. The summed E-state index contributed by atoms with van der Waals surface area (Å²) in [6, 6.07) is 5.11. The fraction of sp³-hybridized carbons (Fsp3) is 0.576. The molecule has 6 heterocycles. The summed E-state index contributed by atoms with van der Waals surface area (Å²) in [4.78, 5) is 13.9. The molecule has 4 atom stereocenters. The van der Waals surface area contributed by atoms with Crippen LogP contribution in [0.5, 0.6) is 5.88 Å². The lowest BCUT2D eigenvalue weighted by atomic mass is 9.62. The fourth-order valence-corrected chi connectivity index (χ4v) is 9.75. The summed E-state index contributed by atoms with van der Waals surface area (Å²) in [6.07, 6.45) is 8.81. The maximum atomic E-state index is 10.1. The minimum atomic E-state index is -0.370. The smallest absolute Gasteiger partial charge is 0.227 e. The van der Waals surface area contributed by atoms with Crippen LogP contribution >= 0.6 is 11.3 Å². The van der Waals surface area contributed by atoms with Crippen LogP contribution in [0.1, 0.15) is 90.9 Å². The Labute approximate surface area is 261 Å². The third-order valence-electron chi connectivity index (χ3n) is 10.6. The number of nitrogens with zero attached hydrogens (tertiary/aromatic N) is 6. The lowest BCUT2D eigenvalue weighted by molar-refractivity contribution is 0.118. The topological polar surface area (TPSA) is 128 Å². The van der Waals surface area contributed by atoms with Gasteiger partial charge in [-0.25, -0.2) is 4.98 Å². The standard InChI is InChI=1S/C33H39N7O3S/c1-18-15-22-31(40(18)20-10-14-41-17-20)36-30(37-32(22)42-19(2)24-8-6-13-39(24)3)27-21-7-4-11-33(28(21)38-43-27)12-5-9-25-26(33)23(16-34)29(35)44-25/h15,19-20,24H,4-14,17,35H2,1-3H3/t19-,20+,24-,33-/m0/s1. The number of anilines is 1. The first-order chi connectivity index (χ1) is 21.4. The lowest BCUT2D eigenvalue weighted by Gasteiger charge is -2.39. The van der Waals surface area contributed by atoms with Gasteiger partial charge in [0.25, 0.3) is 0 Å². The number of aromatic nitrogens is 4. The van der Waals surface area contributed by atoms with Crippen molar-refractivity contribution in [3.8, 4) is 23.5 Å². The molecule has 0 aromatic carbocycles. The van der Waals surface area contributed by atoms with Gasteiger partial charge in [0.15, 0.2) is 0 Å². The Kier molecular flexibility index (Phi) is 6.74. The Hall–Kier alpha value is -3.46. The fourth-order valence-electron chi connectivity index (χ4n) is 8.59. The lowest BCUT2D eigenvalue weighted by Crippen LogP contribution is -2.38. The van der Waals surface area contributed by atoms with Crippen molar-refractivity contribution in [1.29, 1.82) is 5.26 Å². The van der Waals surface area contributed by atoms with Gasteiger partial charge < -0.3 is 24.3 Å². The van der Waals surface area contributed by atoms with Crippen molar-refractivity contribution in [2.75, 3.05) is 32.5 Å². The summed E-state index contributed by atoms with van der Waals surface area (Å²) >= 11 is 1.56. The predicted octanol–water partition coefficient (Wildman–Crippen LogP) is 5.69. The van der Waals surface area contributed by atoms with Gasteiger partial charge in [-0.15, -0.1) is 11.3 Å². The molecule has 44 heavy (non-hydrogen) atoms. The van der Waals surface area contributed by atoms with Crippen molar-refractivity contribution in [2.24, 2.45) is 0 Å². The molecule has 4 aromatic heterocycles. The number of nitrogen functional groups attached to an aromatic ring is 1. The number of hydrogen-bond donors (Lipinski definition) is 1. The third-order valence-corrected chi connectivity index (χ3v) is 11.7. The second-order valence-corrected chi connectivity index (χ2v) is 14.3. The molecule has 4 aromatic rings. The van der Waals surface area contributed by atoms with Gasteiger partial charge in [-0.3, -0.25) is 4.90 Å². The normalized spacial score (nSPS) is 25.8. The number of nitrogens with two attached hydrogens (primary N) is 1. The van der Waals surface area contributed by atoms with Gasteiger partial charge in [0, 0.05) is 34.2 Å². The number of thiophene rings is 1. The van der Waals surface area contributed by atoms with E-state index in [1.165, 1.54) is 11.3 Å². The van der Waals surface area contributed by atoms with Crippen molar-refractivity contribution in [2.45, 2.75) is 95.2 Å². The summed E-state index contributed by atoms with van der Waals surface area (Å²) in [5.41, 5.74) is 11.6. The van der Waals surface area contributed by atoms with E-state index < -0.39 is 0 Å². The first-order valence-electron chi connectivity index (χ1n) is 16.0. The van der Waals surface area contributed by atoms with Crippen LogP contribution in [0.4, 0.5) is 5.00 Å². The van der Waals surface area contributed by atoms with Crippen LogP contribution in [-0.4, -0.2) is 63.5 Å². The van der Waals surface area contributed by atoms with E-state index in [1.54, 1.807) is 11.3 Å². The number of aryl methyl sites for hydroxylation is 2. The van der Waals surface area contributed by atoms with Crippen LogP contribution in [0, 0.1) is 18.3 Å². The molecule has 2 N–H and O–H groups in total. The van der Waals surface area contributed by atoms with E-state index in [4.69, 9.17) is 34.9 Å². The zero-order chi connectivity index (χ0) is 30.2. The van der Waals surface area contributed by atoms with Crippen molar-refractivity contribution in [3.05, 3.63) is 39.0 Å². The minimum absolute atomic E-state index is 0.0343. The van der Waals surface area contributed by atoms with Crippen LogP contribution in [0.3, 0.4) is 0 Å². The van der Waals surface area contributed by atoms with Crippen molar-refractivity contribution < 1.29 is 14.0 Å². The highest BCUT2D eigenvalue weighted by molar-refractivity contribution is 7.16. The molecular weight excluding hydrogens is 574 g/mol. The second kappa shape index (κ2) is 10.6. The van der Waals surface area contributed by atoms with Crippen LogP contribution in [0.25, 0.3) is 22.6 Å². The average Bonchev–Trinajstić information content (AvgIpc) is 3.83. The summed E-state index contributed by atoms with van der Waals surface area (Å²) in [5, 5.41) is 16.4. The second-order valence-electron chi connectivity index (χ2n) is 13.2. The maximum Gasteiger partial charge on any atom is 0.227 e. The minimum Gasteiger partial charge on any atom is -0.472 e. The zero-order valence-electron chi connectivity index (χ0n) is 25.7. The monoisotopic (exact) mass is 613 g/mol. The van der Waals surface area contributed by atoms with Gasteiger partial charge >= 0.3 is 0 Å². The first-order valence-corrected chi connectivity index (χ1v) is 16.9. The molecule has 0 saturated carbocycles. The van der Waals surface area contributed by atoms with Crippen LogP contribution in [0.15, 0.2) is 10.6 Å². The molecule has 10 nitrogen and oxygen atoms in total. The Balaban J connectivity index is 1.28. The largest absolute Gasteiger partial charge is 0.472 e. The van der Waals surface area contributed by atoms with Gasteiger partial charge in [0.2, 0.25) is 17.5 Å². The number of nitriles is 1. The van der Waals surface area contributed by atoms with Gasteiger partial charge in [-0.1, -0.05) is 5.16 Å². The molecule has 8 rings (SSSR count). The molecule has 0 radical (unpaired) electrons. The van der Waals surface area contributed by atoms with Gasteiger partial charge in [0.1, 0.15) is 22.8 Å². The van der Waals surface area contributed by atoms with Crippen LogP contribution in [0.2, 0.25) is 0 Å². The molecule has 4 aliphatic rings. The van der Waals surface area contributed by atoms with Gasteiger partial charge in [0.05, 0.1) is 29.3 Å². The van der Waals surface area contributed by atoms with E-state index in [0.717, 1.165) is 98.1 Å². The number of fused-ring (bicyclic) bond motifs is 5. The van der Waals surface area contributed by atoms with E-state index in [-0.39, 0.29) is 17.6 Å². The molecule has 0 amide bonds. The van der Waals surface area contributed by atoms with E-state index in [9.17, 15) is 5.26 Å².